The number of thioether (sulfide) groups is 1. The van der Waals surface area contributed by atoms with Crippen molar-refractivity contribution in [2.45, 2.75) is 43.6 Å². The van der Waals surface area contributed by atoms with Gasteiger partial charge < -0.3 is 15.5 Å². The van der Waals surface area contributed by atoms with Crippen LogP contribution in [0.3, 0.4) is 0 Å². The van der Waals surface area contributed by atoms with Crippen LogP contribution < -0.4 is 5.32 Å². The lowest BCUT2D eigenvalue weighted by Gasteiger charge is -2.30. The second-order valence-electron chi connectivity index (χ2n) is 4.56. The summed E-state index contributed by atoms with van der Waals surface area (Å²) in [6, 6.07) is 0. The predicted molar refractivity (Wildman–Crippen MR) is 65.8 cm³/mol. The lowest BCUT2D eigenvalue weighted by Crippen LogP contribution is -2.55. The number of rotatable bonds is 7. The van der Waals surface area contributed by atoms with E-state index in [0.717, 1.165) is 12.8 Å². The van der Waals surface area contributed by atoms with Crippen LogP contribution in [-0.4, -0.2) is 45.9 Å². The molecule has 3 unspecified atom stereocenters. The van der Waals surface area contributed by atoms with Crippen molar-refractivity contribution in [2.75, 3.05) is 12.8 Å². The number of carboxylic acid groups (broad SMARTS) is 1. The molecule has 94 valence electrons. The summed E-state index contributed by atoms with van der Waals surface area (Å²) in [7, 11) is 1.71. The van der Waals surface area contributed by atoms with Crippen molar-refractivity contribution in [2.24, 2.45) is 5.92 Å². The van der Waals surface area contributed by atoms with Crippen molar-refractivity contribution in [3.05, 3.63) is 0 Å². The van der Waals surface area contributed by atoms with Gasteiger partial charge in [0.15, 0.2) is 0 Å². The van der Waals surface area contributed by atoms with Gasteiger partial charge in [0.1, 0.15) is 5.54 Å². The second kappa shape index (κ2) is 5.38. The predicted octanol–water partition coefficient (Wildman–Crippen LogP) is 0.942. The van der Waals surface area contributed by atoms with Crippen LogP contribution in [0.25, 0.3) is 0 Å². The van der Waals surface area contributed by atoms with E-state index in [1.54, 1.807) is 14.0 Å². The van der Waals surface area contributed by atoms with E-state index in [4.69, 9.17) is 0 Å². The highest BCUT2D eigenvalue weighted by molar-refractivity contribution is 8.00. The Bertz CT molecular complexity index is 256. The molecule has 3 atom stereocenters. The maximum Gasteiger partial charge on any atom is 0.325 e. The molecule has 0 spiro atoms. The molecule has 0 amide bonds. The highest BCUT2D eigenvalue weighted by atomic mass is 32.2. The molecule has 1 rings (SSSR count). The van der Waals surface area contributed by atoms with Crippen LogP contribution in [0.15, 0.2) is 0 Å². The summed E-state index contributed by atoms with van der Waals surface area (Å²) in [6.45, 7) is 3.65. The lowest BCUT2D eigenvalue weighted by atomic mass is 9.96. The van der Waals surface area contributed by atoms with E-state index in [2.05, 4.69) is 5.32 Å². The monoisotopic (exact) mass is 247 g/mol. The summed E-state index contributed by atoms with van der Waals surface area (Å²) < 4.78 is 0. The molecule has 0 aromatic carbocycles. The molecule has 3 N–H and O–H groups in total. The Morgan fingerprint density at radius 1 is 1.56 bits per heavy atom. The second-order valence-corrected chi connectivity index (χ2v) is 5.92. The molecule has 16 heavy (non-hydrogen) atoms. The van der Waals surface area contributed by atoms with Crippen LogP contribution >= 0.6 is 11.8 Å². The molecule has 5 heteroatoms. The van der Waals surface area contributed by atoms with Gasteiger partial charge in [-0.1, -0.05) is 6.92 Å². The van der Waals surface area contributed by atoms with Crippen LogP contribution in [0, 0.1) is 5.92 Å². The van der Waals surface area contributed by atoms with Gasteiger partial charge in [-0.05, 0) is 32.7 Å². The summed E-state index contributed by atoms with van der Waals surface area (Å²) in [4.78, 5) is 11.4. The van der Waals surface area contributed by atoms with Crippen molar-refractivity contribution >= 4 is 17.7 Å². The quantitative estimate of drug-likeness (QED) is 0.624. The Morgan fingerprint density at radius 2 is 2.12 bits per heavy atom. The average Bonchev–Trinajstić information content (AvgIpc) is 3.02. The first-order valence-corrected chi connectivity index (χ1v) is 6.71. The van der Waals surface area contributed by atoms with Crippen molar-refractivity contribution in [1.82, 2.24) is 5.32 Å². The summed E-state index contributed by atoms with van der Waals surface area (Å²) in [5, 5.41) is 21.8. The third-order valence-electron chi connectivity index (χ3n) is 3.36. The third-order valence-corrected chi connectivity index (χ3v) is 4.90. The molecule has 0 aromatic heterocycles. The van der Waals surface area contributed by atoms with Gasteiger partial charge in [-0.15, -0.1) is 0 Å². The largest absolute Gasteiger partial charge is 0.480 e. The summed E-state index contributed by atoms with van der Waals surface area (Å²) in [6.07, 6.45) is 1.56. The number of carbonyl (C=O) groups is 1. The zero-order valence-electron chi connectivity index (χ0n) is 10.1. The van der Waals surface area contributed by atoms with Gasteiger partial charge in [0.05, 0.1) is 6.10 Å². The normalized spacial score (nSPS) is 23.5. The van der Waals surface area contributed by atoms with Gasteiger partial charge in [-0.25, -0.2) is 0 Å². The minimum absolute atomic E-state index is 0.0609. The van der Waals surface area contributed by atoms with Crippen molar-refractivity contribution in [3.8, 4) is 0 Å². The van der Waals surface area contributed by atoms with Gasteiger partial charge in [0.25, 0.3) is 0 Å². The molecule has 1 aliphatic carbocycles. The smallest absolute Gasteiger partial charge is 0.325 e. The maximum absolute atomic E-state index is 11.4. The number of aliphatic hydroxyl groups is 1. The van der Waals surface area contributed by atoms with E-state index in [-0.39, 0.29) is 11.2 Å². The number of aliphatic carboxylic acids is 1. The summed E-state index contributed by atoms with van der Waals surface area (Å²) >= 11 is 1.52. The van der Waals surface area contributed by atoms with E-state index in [1.807, 2.05) is 6.92 Å². The molecule has 1 aliphatic rings. The standard InChI is InChI=1S/C11H21NO3S/c1-7(13)8(2)16-6-11(12-3,10(14)15)9-4-5-9/h7-9,12-13H,4-6H2,1-3H3,(H,14,15). The number of nitrogens with one attached hydrogen (secondary N) is 1. The van der Waals surface area contributed by atoms with E-state index >= 15 is 0 Å². The van der Waals surface area contributed by atoms with E-state index < -0.39 is 17.6 Å². The van der Waals surface area contributed by atoms with Gasteiger partial charge >= 0.3 is 5.97 Å². The number of likely N-dealkylation sites (N-methyl/N-ethyl adjacent to an activating group) is 1. The SMILES string of the molecule is CNC(CSC(C)C(C)O)(C(=O)O)C1CC1. The molecule has 0 heterocycles. The zero-order chi connectivity index (χ0) is 12.3. The molecule has 0 aliphatic heterocycles. The third kappa shape index (κ3) is 2.90. The Kier molecular flexibility index (Phi) is 4.64. The number of hydrogen-bond donors (Lipinski definition) is 3. The van der Waals surface area contributed by atoms with Crippen LogP contribution in [-0.2, 0) is 4.79 Å². The Hall–Kier alpha value is -0.260. The van der Waals surface area contributed by atoms with Gasteiger partial charge in [0.2, 0.25) is 0 Å². The minimum Gasteiger partial charge on any atom is -0.480 e. The van der Waals surface area contributed by atoms with E-state index in [0.29, 0.717) is 5.75 Å². The highest BCUT2D eigenvalue weighted by Gasteiger charge is 2.50. The maximum atomic E-state index is 11.4. The molecule has 1 saturated carbocycles. The average molecular weight is 247 g/mol. The Morgan fingerprint density at radius 3 is 2.44 bits per heavy atom. The molecular formula is C11H21NO3S. The van der Waals surface area contributed by atoms with Gasteiger partial charge in [-0.2, -0.15) is 11.8 Å². The molecule has 0 bridgehead atoms. The number of carboxylic acids is 1. The zero-order valence-corrected chi connectivity index (χ0v) is 10.9. The van der Waals surface area contributed by atoms with Crippen molar-refractivity contribution in [3.63, 3.8) is 0 Å². The fraction of sp³-hybridized carbons (Fsp3) is 0.909. The fourth-order valence-electron chi connectivity index (χ4n) is 1.72. The molecule has 0 aromatic rings. The molecule has 4 nitrogen and oxygen atoms in total. The van der Waals surface area contributed by atoms with Gasteiger partial charge in [-0.3, -0.25) is 4.79 Å². The first-order valence-electron chi connectivity index (χ1n) is 5.66. The molecule has 0 radical (unpaired) electrons. The van der Waals surface area contributed by atoms with Crippen molar-refractivity contribution in [1.29, 1.82) is 0 Å². The summed E-state index contributed by atoms with van der Waals surface area (Å²) in [5.74, 6) is -0.0262. The molecular weight excluding hydrogens is 226 g/mol. The van der Waals surface area contributed by atoms with E-state index in [9.17, 15) is 15.0 Å². The van der Waals surface area contributed by atoms with Gasteiger partial charge in [0, 0.05) is 11.0 Å². The minimum atomic E-state index is -0.812. The van der Waals surface area contributed by atoms with E-state index in [1.165, 1.54) is 11.8 Å². The van der Waals surface area contributed by atoms with Crippen LogP contribution in [0.1, 0.15) is 26.7 Å². The number of aliphatic hydroxyl groups excluding tert-OH is 1. The number of hydrogen-bond acceptors (Lipinski definition) is 4. The van der Waals surface area contributed by atoms with Crippen LogP contribution in [0.4, 0.5) is 0 Å². The van der Waals surface area contributed by atoms with Crippen molar-refractivity contribution < 1.29 is 15.0 Å². The fourth-order valence-corrected chi connectivity index (χ4v) is 3.02. The first kappa shape index (κ1) is 13.8. The lowest BCUT2D eigenvalue weighted by molar-refractivity contribution is -0.144. The Balaban J connectivity index is 2.60. The van der Waals surface area contributed by atoms with Crippen LogP contribution in [0.5, 0.6) is 0 Å². The topological polar surface area (TPSA) is 69.6 Å². The highest BCUT2D eigenvalue weighted by Crippen LogP contribution is 2.42. The first-order chi connectivity index (χ1) is 7.44. The summed E-state index contributed by atoms with van der Waals surface area (Å²) in [5.41, 5.74) is -0.812. The Labute approximate surface area is 101 Å². The molecule has 1 fully saturated rings. The molecule has 0 saturated heterocycles. The van der Waals surface area contributed by atoms with Crippen LogP contribution in [0.2, 0.25) is 0 Å².